The monoisotopic (exact) mass is 310 g/mol. The van der Waals surface area contributed by atoms with Gasteiger partial charge in [-0.25, -0.2) is 0 Å². The fourth-order valence-corrected chi connectivity index (χ4v) is 2.86. The van der Waals surface area contributed by atoms with E-state index >= 15 is 0 Å². The van der Waals surface area contributed by atoms with Crippen LogP contribution < -0.4 is 10.6 Å². The normalized spacial score (nSPS) is 23.8. The molecule has 1 aromatic carbocycles. The molecule has 3 atom stereocenters. The van der Waals surface area contributed by atoms with Gasteiger partial charge < -0.3 is 10.6 Å². The molecule has 1 fully saturated rings. The number of anilines is 1. The molecule has 0 heterocycles. The van der Waals surface area contributed by atoms with E-state index in [4.69, 9.17) is 5.73 Å². The first-order chi connectivity index (χ1) is 8.47. The van der Waals surface area contributed by atoms with Crippen molar-refractivity contribution in [3.8, 4) is 0 Å². The van der Waals surface area contributed by atoms with Crippen LogP contribution in [0.4, 0.5) is 5.69 Å². The Balaban J connectivity index is 2.15. The average Bonchev–Trinajstić information content (AvgIpc) is 2.96. The maximum atomic E-state index is 5.94. The molecule has 1 aliphatic carbocycles. The zero-order valence-corrected chi connectivity index (χ0v) is 13.1. The Bertz CT molecular complexity index is 417. The minimum atomic E-state index is 0.207. The highest BCUT2D eigenvalue weighted by molar-refractivity contribution is 9.10. The quantitative estimate of drug-likeness (QED) is 0.903. The fourth-order valence-electron chi connectivity index (χ4n) is 2.52. The second-order valence-electron chi connectivity index (χ2n) is 5.81. The van der Waals surface area contributed by atoms with Crippen LogP contribution in [0.2, 0.25) is 0 Å². The van der Waals surface area contributed by atoms with Crippen LogP contribution in [-0.4, -0.2) is 19.6 Å². The van der Waals surface area contributed by atoms with Gasteiger partial charge in [-0.2, -0.15) is 0 Å². The minimum absolute atomic E-state index is 0.207. The first-order valence-corrected chi connectivity index (χ1v) is 7.51. The topological polar surface area (TPSA) is 29.3 Å². The van der Waals surface area contributed by atoms with Gasteiger partial charge in [0.05, 0.1) is 0 Å². The molecule has 0 radical (unpaired) electrons. The van der Waals surface area contributed by atoms with Crippen molar-refractivity contribution in [1.82, 2.24) is 0 Å². The van der Waals surface area contributed by atoms with Gasteiger partial charge in [-0.3, -0.25) is 0 Å². The van der Waals surface area contributed by atoms with E-state index in [1.807, 2.05) is 0 Å². The molecule has 18 heavy (non-hydrogen) atoms. The predicted molar refractivity (Wildman–Crippen MR) is 82.0 cm³/mol. The molecule has 2 N–H and O–H groups in total. The molecule has 0 aliphatic heterocycles. The van der Waals surface area contributed by atoms with Gasteiger partial charge in [-0.15, -0.1) is 0 Å². The molecule has 0 bridgehead atoms. The summed E-state index contributed by atoms with van der Waals surface area (Å²) in [7, 11) is 2.19. The van der Waals surface area contributed by atoms with E-state index in [1.165, 1.54) is 17.7 Å². The van der Waals surface area contributed by atoms with Crippen LogP contribution in [0.5, 0.6) is 0 Å². The Morgan fingerprint density at radius 2 is 2.17 bits per heavy atom. The number of benzene rings is 1. The zero-order chi connectivity index (χ0) is 13.3. The molecule has 3 heteroatoms. The second-order valence-corrected chi connectivity index (χ2v) is 6.72. The lowest BCUT2D eigenvalue weighted by atomic mass is 10.0. The number of hydrogen-bond donors (Lipinski definition) is 1. The van der Waals surface area contributed by atoms with Gasteiger partial charge >= 0.3 is 0 Å². The highest BCUT2D eigenvalue weighted by atomic mass is 79.9. The molecule has 1 saturated carbocycles. The molecule has 1 aromatic rings. The molecule has 100 valence electrons. The third-order valence-electron chi connectivity index (χ3n) is 3.78. The van der Waals surface area contributed by atoms with Crippen LogP contribution >= 0.6 is 15.9 Å². The average molecular weight is 311 g/mol. The van der Waals surface area contributed by atoms with Gasteiger partial charge in [-0.1, -0.05) is 28.9 Å². The fraction of sp³-hybridized carbons (Fsp3) is 0.600. The van der Waals surface area contributed by atoms with Gasteiger partial charge in [-0.05, 0) is 49.3 Å². The summed E-state index contributed by atoms with van der Waals surface area (Å²) >= 11 is 3.57. The second kappa shape index (κ2) is 5.62. The molecule has 1 aliphatic rings. The van der Waals surface area contributed by atoms with E-state index in [9.17, 15) is 0 Å². The van der Waals surface area contributed by atoms with E-state index in [1.54, 1.807) is 0 Å². The molecular formula is C15H23BrN2. The van der Waals surface area contributed by atoms with Crippen LogP contribution in [0.1, 0.15) is 25.8 Å². The Morgan fingerprint density at radius 3 is 2.72 bits per heavy atom. The van der Waals surface area contributed by atoms with E-state index < -0.39 is 0 Å². The molecule has 0 aromatic heterocycles. The highest BCUT2D eigenvalue weighted by Crippen LogP contribution is 2.39. The summed E-state index contributed by atoms with van der Waals surface area (Å²) in [4.78, 5) is 2.39. The zero-order valence-electron chi connectivity index (χ0n) is 11.5. The molecular weight excluding hydrogens is 288 g/mol. The molecule has 0 spiro atoms. The lowest BCUT2D eigenvalue weighted by Gasteiger charge is -2.23. The first-order valence-electron chi connectivity index (χ1n) is 6.72. The highest BCUT2D eigenvalue weighted by Gasteiger charge is 2.33. The lowest BCUT2D eigenvalue weighted by molar-refractivity contribution is 0.709. The van der Waals surface area contributed by atoms with Gasteiger partial charge in [0.2, 0.25) is 0 Å². The van der Waals surface area contributed by atoms with Crippen LogP contribution in [0.3, 0.4) is 0 Å². The van der Waals surface area contributed by atoms with Gasteiger partial charge in [0.15, 0.2) is 0 Å². The number of nitrogens with two attached hydrogens (primary N) is 1. The van der Waals surface area contributed by atoms with Crippen molar-refractivity contribution >= 4 is 21.6 Å². The van der Waals surface area contributed by atoms with Crippen molar-refractivity contribution in [2.45, 2.75) is 32.7 Å². The van der Waals surface area contributed by atoms with Crippen LogP contribution in [0.15, 0.2) is 22.7 Å². The predicted octanol–water partition coefficient (Wildman–Crippen LogP) is 3.43. The lowest BCUT2D eigenvalue weighted by Crippen LogP contribution is -2.24. The van der Waals surface area contributed by atoms with E-state index in [0.29, 0.717) is 0 Å². The Kier molecular flexibility index (Phi) is 4.33. The minimum Gasteiger partial charge on any atom is -0.374 e. The maximum Gasteiger partial charge on any atom is 0.0408 e. The number of hydrogen-bond acceptors (Lipinski definition) is 2. The number of nitrogens with zero attached hydrogens (tertiary/aromatic N) is 1. The summed E-state index contributed by atoms with van der Waals surface area (Å²) in [6.07, 6.45) is 2.31. The van der Waals surface area contributed by atoms with E-state index in [-0.39, 0.29) is 6.04 Å². The van der Waals surface area contributed by atoms with Crippen molar-refractivity contribution in [2.75, 3.05) is 18.5 Å². The summed E-state index contributed by atoms with van der Waals surface area (Å²) in [5, 5.41) is 0. The molecule has 0 amide bonds. The van der Waals surface area contributed by atoms with Crippen molar-refractivity contribution in [1.29, 1.82) is 0 Å². The third kappa shape index (κ3) is 3.48. The maximum absolute atomic E-state index is 5.94. The smallest absolute Gasteiger partial charge is 0.0408 e. The van der Waals surface area contributed by atoms with Crippen molar-refractivity contribution in [2.24, 2.45) is 17.6 Å². The Hall–Kier alpha value is -0.540. The molecule has 2 rings (SSSR count). The largest absolute Gasteiger partial charge is 0.374 e. The summed E-state index contributed by atoms with van der Waals surface area (Å²) in [5.41, 5.74) is 8.61. The summed E-state index contributed by atoms with van der Waals surface area (Å²) in [6, 6.07) is 6.72. The van der Waals surface area contributed by atoms with Gasteiger partial charge in [0, 0.05) is 29.8 Å². The van der Waals surface area contributed by atoms with Crippen LogP contribution in [0, 0.1) is 11.8 Å². The van der Waals surface area contributed by atoms with E-state index in [0.717, 1.165) is 29.3 Å². The van der Waals surface area contributed by atoms with E-state index in [2.05, 4.69) is 59.9 Å². The summed E-state index contributed by atoms with van der Waals surface area (Å²) < 4.78 is 1.14. The van der Waals surface area contributed by atoms with Gasteiger partial charge in [0.1, 0.15) is 0 Å². The standard InChI is InChI=1S/C15H23BrN2/c1-10-6-13(10)9-18(3)15-8-14(16)5-4-12(15)7-11(2)17/h4-5,8,10-11,13H,6-7,9,17H2,1-3H3. The van der Waals surface area contributed by atoms with Crippen molar-refractivity contribution in [3.05, 3.63) is 28.2 Å². The number of rotatable bonds is 5. The number of halogens is 1. The third-order valence-corrected chi connectivity index (χ3v) is 4.28. The first kappa shape index (κ1) is 13.9. The Labute approximate surface area is 119 Å². The molecule has 0 saturated heterocycles. The Morgan fingerprint density at radius 1 is 1.50 bits per heavy atom. The van der Waals surface area contributed by atoms with Crippen molar-refractivity contribution in [3.63, 3.8) is 0 Å². The molecule has 3 unspecified atom stereocenters. The summed E-state index contributed by atoms with van der Waals surface area (Å²) in [5.74, 6) is 1.77. The SMILES string of the molecule is CC(N)Cc1ccc(Br)cc1N(C)CC1CC1C. The van der Waals surface area contributed by atoms with Crippen molar-refractivity contribution < 1.29 is 0 Å². The van der Waals surface area contributed by atoms with Crippen LogP contribution in [-0.2, 0) is 6.42 Å². The molecule has 2 nitrogen and oxygen atoms in total. The van der Waals surface area contributed by atoms with Crippen LogP contribution in [0.25, 0.3) is 0 Å². The van der Waals surface area contributed by atoms with Gasteiger partial charge in [0.25, 0.3) is 0 Å². The summed E-state index contributed by atoms with van der Waals surface area (Å²) in [6.45, 7) is 5.56.